The van der Waals surface area contributed by atoms with Crippen LogP contribution in [0.2, 0.25) is 0 Å². The molecule has 0 aromatic heterocycles. The van der Waals surface area contributed by atoms with Crippen molar-refractivity contribution in [2.24, 2.45) is 5.10 Å². The fourth-order valence-electron chi connectivity index (χ4n) is 2.40. The third-order valence-corrected chi connectivity index (χ3v) is 4.52. The summed E-state index contributed by atoms with van der Waals surface area (Å²) in [6.07, 6.45) is 1.42. The van der Waals surface area contributed by atoms with E-state index in [9.17, 15) is 19.7 Å². The van der Waals surface area contributed by atoms with Crippen LogP contribution in [0.1, 0.15) is 15.9 Å². The highest BCUT2D eigenvalue weighted by atomic mass is 79.9. The molecule has 10 heteroatoms. The van der Waals surface area contributed by atoms with Crippen LogP contribution in [-0.4, -0.2) is 29.6 Å². The molecule has 0 atom stereocenters. The Balaban J connectivity index is 1.44. The number of ether oxygens (including phenoxy) is 2. The number of carbonyl (C=O) groups excluding carboxylic acids is 2. The van der Waals surface area contributed by atoms with Crippen molar-refractivity contribution < 1.29 is 24.0 Å². The molecular formula is C22H16BrN3O6. The maximum absolute atomic E-state index is 12.1. The minimum atomic E-state index is -0.524. The van der Waals surface area contributed by atoms with Crippen LogP contribution in [0.5, 0.6) is 11.5 Å². The minimum absolute atomic E-state index is 0.0690. The first-order valence-electron chi connectivity index (χ1n) is 9.18. The number of nitrogens with one attached hydrogen (secondary N) is 1. The van der Waals surface area contributed by atoms with E-state index in [0.717, 1.165) is 4.47 Å². The lowest BCUT2D eigenvalue weighted by molar-refractivity contribution is -0.384. The number of halogens is 1. The van der Waals surface area contributed by atoms with E-state index in [0.29, 0.717) is 22.6 Å². The Morgan fingerprint density at radius 1 is 0.969 bits per heavy atom. The normalized spacial score (nSPS) is 10.5. The van der Waals surface area contributed by atoms with Crippen molar-refractivity contribution in [3.05, 3.63) is 98.5 Å². The molecule has 0 aliphatic carbocycles. The molecule has 0 saturated heterocycles. The number of hydrazone groups is 1. The molecule has 3 aromatic carbocycles. The van der Waals surface area contributed by atoms with Gasteiger partial charge in [0.2, 0.25) is 0 Å². The molecule has 0 aliphatic rings. The zero-order valence-corrected chi connectivity index (χ0v) is 18.0. The molecule has 9 nitrogen and oxygen atoms in total. The number of benzene rings is 3. The lowest BCUT2D eigenvalue weighted by Crippen LogP contribution is -2.24. The average Bonchev–Trinajstić information content (AvgIpc) is 2.79. The molecule has 0 spiro atoms. The minimum Gasteiger partial charge on any atom is -0.484 e. The van der Waals surface area contributed by atoms with Gasteiger partial charge in [0.1, 0.15) is 11.5 Å². The number of carbonyl (C=O) groups is 2. The number of nitrogens with zero attached hydrogens (tertiary/aromatic N) is 2. The molecule has 0 saturated carbocycles. The first-order valence-corrected chi connectivity index (χ1v) is 9.97. The Bertz CT molecular complexity index is 1130. The highest BCUT2D eigenvalue weighted by Gasteiger charge is 2.08. The highest BCUT2D eigenvalue weighted by Crippen LogP contribution is 2.17. The molecular weight excluding hydrogens is 482 g/mol. The van der Waals surface area contributed by atoms with E-state index in [-0.39, 0.29) is 12.3 Å². The van der Waals surface area contributed by atoms with Crippen molar-refractivity contribution in [1.82, 2.24) is 5.43 Å². The van der Waals surface area contributed by atoms with Gasteiger partial charge in [-0.05, 0) is 66.2 Å². The van der Waals surface area contributed by atoms with E-state index in [2.05, 4.69) is 26.5 Å². The van der Waals surface area contributed by atoms with E-state index in [4.69, 9.17) is 9.47 Å². The highest BCUT2D eigenvalue weighted by molar-refractivity contribution is 9.10. The summed E-state index contributed by atoms with van der Waals surface area (Å²) < 4.78 is 11.4. The Labute approximate surface area is 190 Å². The van der Waals surface area contributed by atoms with Crippen LogP contribution >= 0.6 is 15.9 Å². The number of esters is 1. The Kier molecular flexibility index (Phi) is 7.65. The van der Waals surface area contributed by atoms with Crippen molar-refractivity contribution in [2.75, 3.05) is 6.61 Å². The lowest BCUT2D eigenvalue weighted by Gasteiger charge is -2.05. The Morgan fingerprint density at radius 3 is 2.22 bits per heavy atom. The molecule has 32 heavy (non-hydrogen) atoms. The zero-order chi connectivity index (χ0) is 22.9. The van der Waals surface area contributed by atoms with Crippen LogP contribution < -0.4 is 14.9 Å². The lowest BCUT2D eigenvalue weighted by atomic mass is 10.2. The maximum Gasteiger partial charge on any atom is 0.343 e. The van der Waals surface area contributed by atoms with Gasteiger partial charge in [0.15, 0.2) is 6.61 Å². The summed E-state index contributed by atoms with van der Waals surface area (Å²) in [6.45, 7) is -0.305. The number of rotatable bonds is 8. The van der Waals surface area contributed by atoms with Gasteiger partial charge in [-0.2, -0.15) is 5.10 Å². The molecule has 0 unspecified atom stereocenters. The second-order valence-electron chi connectivity index (χ2n) is 6.30. The first kappa shape index (κ1) is 22.6. The summed E-state index contributed by atoms with van der Waals surface area (Å²) >= 11 is 3.31. The Hall–Kier alpha value is -4.05. The molecule has 0 heterocycles. The smallest absolute Gasteiger partial charge is 0.343 e. The van der Waals surface area contributed by atoms with Gasteiger partial charge >= 0.3 is 5.97 Å². The van der Waals surface area contributed by atoms with Crippen molar-refractivity contribution in [3.63, 3.8) is 0 Å². The molecule has 0 aliphatic heterocycles. The summed E-state index contributed by atoms with van der Waals surface area (Å²) in [5, 5.41) is 14.4. The average molecular weight is 498 g/mol. The quantitative estimate of drug-likeness (QED) is 0.164. The van der Waals surface area contributed by atoms with E-state index in [1.54, 1.807) is 48.5 Å². The van der Waals surface area contributed by atoms with Crippen LogP contribution in [-0.2, 0) is 4.79 Å². The third kappa shape index (κ3) is 6.74. The molecule has 162 valence electrons. The number of nitro benzene ring substituents is 1. The van der Waals surface area contributed by atoms with Crippen LogP contribution in [0, 0.1) is 10.1 Å². The van der Waals surface area contributed by atoms with Gasteiger partial charge in [0.05, 0.1) is 16.7 Å². The maximum atomic E-state index is 12.1. The van der Waals surface area contributed by atoms with Gasteiger partial charge in [-0.1, -0.05) is 15.9 Å². The first-order chi connectivity index (χ1) is 15.4. The second-order valence-corrected chi connectivity index (χ2v) is 7.21. The molecule has 3 aromatic rings. The van der Waals surface area contributed by atoms with Crippen molar-refractivity contribution in [3.8, 4) is 11.5 Å². The summed E-state index contributed by atoms with van der Waals surface area (Å²) in [5.74, 6) is -0.280. The largest absolute Gasteiger partial charge is 0.484 e. The number of amides is 1. The van der Waals surface area contributed by atoms with Crippen LogP contribution in [0.15, 0.2) is 82.4 Å². The molecule has 0 radical (unpaired) electrons. The fourth-order valence-corrected chi connectivity index (χ4v) is 2.66. The number of hydrogen-bond acceptors (Lipinski definition) is 7. The number of nitro groups is 1. The summed E-state index contributed by atoms with van der Waals surface area (Å²) in [7, 11) is 0. The summed E-state index contributed by atoms with van der Waals surface area (Å²) in [6, 6.07) is 18.7. The third-order valence-electron chi connectivity index (χ3n) is 3.99. The van der Waals surface area contributed by atoms with Gasteiger partial charge in [0, 0.05) is 16.6 Å². The van der Waals surface area contributed by atoms with E-state index in [1.165, 1.54) is 30.5 Å². The van der Waals surface area contributed by atoms with Crippen LogP contribution in [0.3, 0.4) is 0 Å². The molecule has 1 N–H and O–H groups in total. The molecule has 0 fully saturated rings. The van der Waals surface area contributed by atoms with Gasteiger partial charge in [0.25, 0.3) is 11.6 Å². The van der Waals surface area contributed by atoms with Crippen molar-refractivity contribution >= 4 is 39.7 Å². The second kappa shape index (κ2) is 10.8. The molecule has 3 rings (SSSR count). The SMILES string of the molecule is O=C(COc1ccc([N+](=O)[O-])cc1)N/N=C\c1ccc(OC(=O)c2ccc(Br)cc2)cc1. The summed E-state index contributed by atoms with van der Waals surface area (Å²) in [4.78, 5) is 34.0. The van der Waals surface area contributed by atoms with Gasteiger partial charge in [-0.3, -0.25) is 14.9 Å². The van der Waals surface area contributed by atoms with E-state index in [1.807, 2.05) is 0 Å². The predicted molar refractivity (Wildman–Crippen MR) is 120 cm³/mol. The fraction of sp³-hybridized carbons (Fsp3) is 0.0455. The van der Waals surface area contributed by atoms with Crippen LogP contribution in [0.25, 0.3) is 0 Å². The summed E-state index contributed by atoms with van der Waals surface area (Å²) in [5.41, 5.74) is 3.34. The molecule has 0 bridgehead atoms. The van der Waals surface area contributed by atoms with Gasteiger partial charge in [-0.25, -0.2) is 10.2 Å². The standard InChI is InChI=1S/C22H16BrN3O6/c23-17-5-3-16(4-6-17)22(28)32-20-9-1-15(2-10-20)13-24-25-21(27)14-31-19-11-7-18(8-12-19)26(29)30/h1-13H,14H2,(H,25,27)/b24-13-. The monoisotopic (exact) mass is 497 g/mol. The van der Waals surface area contributed by atoms with Gasteiger partial charge in [-0.15, -0.1) is 0 Å². The topological polar surface area (TPSA) is 120 Å². The molecule has 1 amide bonds. The van der Waals surface area contributed by atoms with E-state index >= 15 is 0 Å². The van der Waals surface area contributed by atoms with Crippen molar-refractivity contribution in [2.45, 2.75) is 0 Å². The van der Waals surface area contributed by atoms with E-state index < -0.39 is 16.8 Å². The Morgan fingerprint density at radius 2 is 1.59 bits per heavy atom. The van der Waals surface area contributed by atoms with Gasteiger partial charge < -0.3 is 9.47 Å². The number of hydrogen-bond donors (Lipinski definition) is 1. The van der Waals surface area contributed by atoms with Crippen LogP contribution in [0.4, 0.5) is 5.69 Å². The number of non-ortho nitro benzene ring substituents is 1. The zero-order valence-electron chi connectivity index (χ0n) is 16.4. The predicted octanol–water partition coefficient (Wildman–Crippen LogP) is 4.11. The van der Waals surface area contributed by atoms with Crippen molar-refractivity contribution in [1.29, 1.82) is 0 Å².